The summed E-state index contributed by atoms with van der Waals surface area (Å²) in [4.78, 5) is 27.8. The van der Waals surface area contributed by atoms with E-state index in [1.165, 1.54) is 11.3 Å². The highest BCUT2D eigenvalue weighted by molar-refractivity contribution is 7.23. The first kappa shape index (κ1) is 27.7. The Balaban J connectivity index is 0.00000176. The number of hydrogen-bond donors (Lipinski definition) is 2. The number of ether oxygens (including phenoxy) is 2. The van der Waals surface area contributed by atoms with Crippen molar-refractivity contribution in [2.75, 3.05) is 46.7 Å². The summed E-state index contributed by atoms with van der Waals surface area (Å²) in [6.07, 6.45) is 3.48. The Hall–Kier alpha value is -2.88. The maximum atomic E-state index is 12.9. The molecule has 3 heterocycles. The van der Waals surface area contributed by atoms with Crippen molar-refractivity contribution in [1.82, 2.24) is 14.8 Å². The van der Waals surface area contributed by atoms with Gasteiger partial charge in [-0.15, -0.1) is 11.3 Å². The fourth-order valence-corrected chi connectivity index (χ4v) is 5.52. The summed E-state index contributed by atoms with van der Waals surface area (Å²) in [6, 6.07) is 5.75. The van der Waals surface area contributed by atoms with Crippen molar-refractivity contribution in [1.29, 1.82) is 0 Å². The van der Waals surface area contributed by atoms with Crippen LogP contribution in [-0.4, -0.2) is 56.8 Å². The first-order valence-corrected chi connectivity index (χ1v) is 13.2. The van der Waals surface area contributed by atoms with E-state index in [0.717, 1.165) is 58.8 Å². The minimum Gasteiger partial charge on any atom is -0.496 e. The van der Waals surface area contributed by atoms with Gasteiger partial charge in [-0.25, -0.2) is 0 Å². The average Bonchev–Trinajstić information content (AvgIpc) is 3.31. The van der Waals surface area contributed by atoms with E-state index in [4.69, 9.17) is 9.47 Å². The topological polar surface area (TPSA) is 84.8 Å². The Morgan fingerprint density at radius 1 is 1.14 bits per heavy atom. The summed E-state index contributed by atoms with van der Waals surface area (Å²) >= 11 is 1.42. The summed E-state index contributed by atoms with van der Waals surface area (Å²) in [6.45, 7) is 6.37. The molecule has 1 aliphatic heterocycles. The van der Waals surface area contributed by atoms with Gasteiger partial charge in [-0.1, -0.05) is 13.8 Å². The van der Waals surface area contributed by atoms with Crippen LogP contribution in [-0.2, 0) is 18.4 Å². The number of pyridine rings is 1. The fraction of sp³-hybridized carbons (Fsp3) is 0.481. The quantitative estimate of drug-likeness (QED) is 0.489. The zero-order valence-electron chi connectivity index (χ0n) is 22.4. The van der Waals surface area contributed by atoms with Gasteiger partial charge >= 0.3 is 0 Å². The molecule has 0 unspecified atom stereocenters. The first-order chi connectivity index (χ1) is 17.3. The molecule has 0 radical (unpaired) electrons. The highest BCUT2D eigenvalue weighted by atomic mass is 32.1. The molecule has 1 fully saturated rings. The summed E-state index contributed by atoms with van der Waals surface area (Å²) in [5, 5.41) is 7.60. The molecule has 1 amide bonds. The SMILES string of the molecule is CC.COc1cc(-c2cn(C)c(=O)c3cc(NC(=O)C4CCNCC4)sc23)cc(OC)c1CN(C)C. The van der Waals surface area contributed by atoms with Crippen LogP contribution in [0.1, 0.15) is 32.3 Å². The van der Waals surface area contributed by atoms with E-state index in [0.29, 0.717) is 16.9 Å². The number of aryl methyl sites for hydroxylation is 1. The fourth-order valence-electron chi connectivity index (χ4n) is 4.44. The van der Waals surface area contributed by atoms with Gasteiger partial charge in [0.15, 0.2) is 0 Å². The largest absolute Gasteiger partial charge is 0.496 e. The van der Waals surface area contributed by atoms with Crippen LogP contribution in [0.15, 0.2) is 29.2 Å². The molecule has 0 atom stereocenters. The third-order valence-electron chi connectivity index (χ3n) is 6.20. The number of carbonyl (C=O) groups is 1. The Morgan fingerprint density at radius 2 is 1.75 bits per heavy atom. The molecule has 36 heavy (non-hydrogen) atoms. The molecule has 3 aromatic rings. The van der Waals surface area contributed by atoms with Crippen LogP contribution in [0.3, 0.4) is 0 Å². The predicted molar refractivity (Wildman–Crippen MR) is 149 cm³/mol. The number of benzene rings is 1. The van der Waals surface area contributed by atoms with Gasteiger partial charge in [0.2, 0.25) is 5.91 Å². The lowest BCUT2D eigenvalue weighted by Crippen LogP contribution is -2.34. The molecule has 0 bridgehead atoms. The van der Waals surface area contributed by atoms with Crippen molar-refractivity contribution < 1.29 is 14.3 Å². The lowest BCUT2D eigenvalue weighted by atomic mass is 9.97. The van der Waals surface area contributed by atoms with Crippen LogP contribution < -0.4 is 25.7 Å². The number of rotatable bonds is 7. The lowest BCUT2D eigenvalue weighted by molar-refractivity contribution is -0.120. The summed E-state index contributed by atoms with van der Waals surface area (Å²) in [5.74, 6) is 1.46. The minimum absolute atomic E-state index is 0.00784. The van der Waals surface area contributed by atoms with Gasteiger partial charge in [0.1, 0.15) is 11.5 Å². The molecule has 9 heteroatoms. The van der Waals surface area contributed by atoms with Gasteiger partial charge in [-0.2, -0.15) is 0 Å². The number of hydrogen-bond acceptors (Lipinski definition) is 7. The number of aromatic nitrogens is 1. The maximum absolute atomic E-state index is 12.9. The second-order valence-corrected chi connectivity index (χ2v) is 9.98. The van der Waals surface area contributed by atoms with Crippen molar-refractivity contribution in [3.63, 3.8) is 0 Å². The number of amides is 1. The average molecular weight is 515 g/mol. The van der Waals surface area contributed by atoms with Crippen LogP contribution in [0, 0.1) is 5.92 Å². The molecule has 0 saturated carbocycles. The lowest BCUT2D eigenvalue weighted by Gasteiger charge is -2.21. The third kappa shape index (κ3) is 5.91. The summed E-state index contributed by atoms with van der Waals surface area (Å²) < 4.78 is 13.8. The molecule has 1 saturated heterocycles. The Labute approximate surface area is 217 Å². The number of piperidine rings is 1. The van der Waals surface area contributed by atoms with Crippen LogP contribution in [0.25, 0.3) is 21.2 Å². The second-order valence-electron chi connectivity index (χ2n) is 8.92. The van der Waals surface area contributed by atoms with Gasteiger partial charge in [-0.3, -0.25) is 9.59 Å². The van der Waals surface area contributed by atoms with Crippen molar-refractivity contribution in [2.45, 2.75) is 33.2 Å². The Morgan fingerprint density at radius 3 is 2.31 bits per heavy atom. The molecule has 1 aliphatic rings. The third-order valence-corrected chi connectivity index (χ3v) is 7.28. The van der Waals surface area contributed by atoms with Crippen molar-refractivity contribution >= 4 is 32.3 Å². The van der Waals surface area contributed by atoms with E-state index in [1.807, 2.05) is 46.3 Å². The molecule has 1 aromatic carbocycles. The highest BCUT2D eigenvalue weighted by Crippen LogP contribution is 2.40. The molecule has 2 aromatic heterocycles. The standard InChI is InChI=1S/C25H32N4O4S.C2H6/c1-28(2)13-19-20(32-4)10-16(11-21(19)33-5)18-14-29(3)25(31)17-12-22(34-23(17)18)27-24(30)15-6-8-26-9-7-15;1-2/h10-12,14-15,26H,6-9,13H2,1-5H3,(H,27,30);1-2H3. The first-order valence-electron chi connectivity index (χ1n) is 12.4. The molecule has 8 nitrogen and oxygen atoms in total. The summed E-state index contributed by atoms with van der Waals surface area (Å²) in [5.41, 5.74) is 2.63. The number of nitrogens with one attached hydrogen (secondary N) is 2. The normalized spacial score (nSPS) is 13.9. The second kappa shape index (κ2) is 12.4. The molecule has 0 aliphatic carbocycles. The van der Waals surface area contributed by atoms with Gasteiger partial charge in [0, 0.05) is 31.3 Å². The van der Waals surface area contributed by atoms with Crippen molar-refractivity contribution in [3.05, 3.63) is 40.3 Å². The Bertz CT molecular complexity index is 1230. The van der Waals surface area contributed by atoms with E-state index in [1.54, 1.807) is 31.9 Å². The predicted octanol–water partition coefficient (Wildman–Crippen LogP) is 4.31. The highest BCUT2D eigenvalue weighted by Gasteiger charge is 2.23. The van der Waals surface area contributed by atoms with Crippen molar-refractivity contribution in [3.8, 4) is 22.6 Å². The van der Waals surface area contributed by atoms with E-state index < -0.39 is 0 Å². The summed E-state index contributed by atoms with van der Waals surface area (Å²) in [7, 11) is 9.02. The van der Waals surface area contributed by atoms with E-state index in [2.05, 4.69) is 15.5 Å². The van der Waals surface area contributed by atoms with E-state index in [-0.39, 0.29) is 17.4 Å². The molecular formula is C27H38N4O4S. The van der Waals surface area contributed by atoms with Gasteiger partial charge in [0.25, 0.3) is 5.56 Å². The number of anilines is 1. The minimum atomic E-state index is -0.0967. The van der Waals surface area contributed by atoms with Gasteiger partial charge in [-0.05, 0) is 63.8 Å². The van der Waals surface area contributed by atoms with Crippen LogP contribution in [0.5, 0.6) is 11.5 Å². The number of nitrogens with zero attached hydrogens (tertiary/aromatic N) is 2. The Kier molecular flexibility index (Phi) is 9.53. The number of carbonyl (C=O) groups excluding carboxylic acids is 1. The maximum Gasteiger partial charge on any atom is 0.259 e. The molecule has 0 spiro atoms. The number of methoxy groups -OCH3 is 2. The number of fused-ring (bicyclic) bond motifs is 1. The molecule has 196 valence electrons. The zero-order chi connectivity index (χ0) is 26.4. The van der Waals surface area contributed by atoms with Crippen molar-refractivity contribution in [2.24, 2.45) is 13.0 Å². The van der Waals surface area contributed by atoms with Crippen LogP contribution in [0.2, 0.25) is 0 Å². The van der Waals surface area contributed by atoms with E-state index in [9.17, 15) is 9.59 Å². The molecule has 2 N–H and O–H groups in total. The molecule has 4 rings (SSSR count). The number of thiophene rings is 1. The van der Waals surface area contributed by atoms with E-state index >= 15 is 0 Å². The smallest absolute Gasteiger partial charge is 0.259 e. The van der Waals surface area contributed by atoms with Crippen LogP contribution in [0.4, 0.5) is 5.00 Å². The molecular weight excluding hydrogens is 476 g/mol. The van der Waals surface area contributed by atoms with Crippen LogP contribution >= 0.6 is 11.3 Å². The van der Waals surface area contributed by atoms with Gasteiger partial charge in [0.05, 0.1) is 34.9 Å². The van der Waals surface area contributed by atoms with Gasteiger partial charge < -0.3 is 29.6 Å². The zero-order valence-corrected chi connectivity index (χ0v) is 23.2. The monoisotopic (exact) mass is 514 g/mol.